The Morgan fingerprint density at radius 1 is 1.09 bits per heavy atom. The zero-order valence-electron chi connectivity index (χ0n) is 18.5. The molecule has 1 N–H and O–H groups in total. The van der Waals surface area contributed by atoms with Crippen LogP contribution in [0.15, 0.2) is 53.8 Å². The minimum Gasteiger partial charge on any atom is -0.497 e. The van der Waals surface area contributed by atoms with Gasteiger partial charge in [-0.05, 0) is 62.3 Å². The van der Waals surface area contributed by atoms with Crippen LogP contribution >= 0.6 is 0 Å². The zero-order chi connectivity index (χ0) is 21.7. The SMILES string of the molecule is COc1ccc(CN2C(c3ccc4[nH]ccc4c3)=NOC23CN2CCC3CC2)c(OC)c1. The number of fused-ring (bicyclic) bond motifs is 3. The summed E-state index contributed by atoms with van der Waals surface area (Å²) in [5.74, 6) is 2.94. The van der Waals surface area contributed by atoms with Gasteiger partial charge in [0.15, 0.2) is 5.84 Å². The summed E-state index contributed by atoms with van der Waals surface area (Å²) in [5.41, 5.74) is 2.83. The van der Waals surface area contributed by atoms with Crippen molar-refractivity contribution in [2.24, 2.45) is 11.1 Å². The van der Waals surface area contributed by atoms with Crippen LogP contribution in [-0.4, -0.2) is 60.2 Å². The van der Waals surface area contributed by atoms with E-state index in [0.29, 0.717) is 12.5 Å². The van der Waals surface area contributed by atoms with Crippen molar-refractivity contribution in [1.82, 2.24) is 14.8 Å². The predicted octanol–water partition coefficient (Wildman–Crippen LogP) is 3.80. The van der Waals surface area contributed by atoms with E-state index in [1.54, 1.807) is 14.2 Å². The Morgan fingerprint density at radius 2 is 1.97 bits per heavy atom. The molecule has 1 unspecified atom stereocenters. The molecule has 0 aliphatic carbocycles. The largest absolute Gasteiger partial charge is 0.497 e. The van der Waals surface area contributed by atoms with E-state index in [4.69, 9.17) is 19.5 Å². The maximum absolute atomic E-state index is 6.38. The van der Waals surface area contributed by atoms with E-state index in [2.05, 4.69) is 45.1 Å². The van der Waals surface area contributed by atoms with Crippen molar-refractivity contribution in [1.29, 1.82) is 0 Å². The van der Waals surface area contributed by atoms with Gasteiger partial charge < -0.3 is 24.2 Å². The number of hydrogen-bond acceptors (Lipinski definition) is 6. The van der Waals surface area contributed by atoms with Crippen molar-refractivity contribution < 1.29 is 14.3 Å². The normalized spacial score (nSPS) is 26.4. The van der Waals surface area contributed by atoms with E-state index < -0.39 is 5.72 Å². The predicted molar refractivity (Wildman–Crippen MR) is 123 cm³/mol. The molecule has 0 amide bonds. The second-order valence-corrected chi connectivity index (χ2v) is 8.95. The molecule has 2 bridgehead atoms. The van der Waals surface area contributed by atoms with E-state index in [-0.39, 0.29) is 0 Å². The molecular weight excluding hydrogens is 404 g/mol. The van der Waals surface area contributed by atoms with Gasteiger partial charge in [0, 0.05) is 40.2 Å². The molecule has 7 rings (SSSR count). The monoisotopic (exact) mass is 432 g/mol. The van der Waals surface area contributed by atoms with Crippen LogP contribution in [-0.2, 0) is 11.4 Å². The van der Waals surface area contributed by atoms with Crippen LogP contribution in [0.1, 0.15) is 24.0 Å². The molecule has 4 aliphatic rings. The molecule has 166 valence electrons. The minimum absolute atomic E-state index is 0.441. The number of ether oxygens (including phenoxy) is 2. The molecule has 0 radical (unpaired) electrons. The highest BCUT2D eigenvalue weighted by Crippen LogP contribution is 2.45. The number of H-pyrrole nitrogens is 1. The number of aromatic nitrogens is 1. The number of aromatic amines is 1. The molecule has 2 aromatic carbocycles. The number of benzene rings is 2. The first kappa shape index (κ1) is 19.5. The summed E-state index contributed by atoms with van der Waals surface area (Å²) in [5, 5.41) is 5.87. The molecule has 0 saturated carbocycles. The molecule has 4 aliphatic heterocycles. The third-order valence-corrected chi connectivity index (χ3v) is 7.31. The maximum atomic E-state index is 6.38. The van der Waals surface area contributed by atoms with Crippen LogP contribution < -0.4 is 9.47 Å². The van der Waals surface area contributed by atoms with Crippen molar-refractivity contribution >= 4 is 16.7 Å². The van der Waals surface area contributed by atoms with Crippen molar-refractivity contribution in [3.63, 3.8) is 0 Å². The molecular formula is C25H28N4O3. The molecule has 3 aromatic rings. The van der Waals surface area contributed by atoms with Crippen LogP contribution in [0, 0.1) is 5.92 Å². The molecule has 3 fully saturated rings. The van der Waals surface area contributed by atoms with E-state index in [1.807, 2.05) is 18.3 Å². The van der Waals surface area contributed by atoms with E-state index in [0.717, 1.165) is 66.5 Å². The fourth-order valence-electron chi connectivity index (χ4n) is 5.56. The highest BCUT2D eigenvalue weighted by Gasteiger charge is 2.57. The van der Waals surface area contributed by atoms with Gasteiger partial charge in [-0.3, -0.25) is 4.90 Å². The summed E-state index contributed by atoms with van der Waals surface area (Å²) in [4.78, 5) is 14.5. The Balaban J connectivity index is 1.42. The van der Waals surface area contributed by atoms with Crippen LogP contribution in [0.2, 0.25) is 0 Å². The van der Waals surface area contributed by atoms with Crippen LogP contribution in [0.25, 0.3) is 10.9 Å². The minimum atomic E-state index is -0.441. The van der Waals surface area contributed by atoms with Crippen molar-refractivity contribution in [2.75, 3.05) is 33.9 Å². The van der Waals surface area contributed by atoms with Crippen LogP contribution in [0.5, 0.6) is 11.5 Å². The van der Waals surface area contributed by atoms with Gasteiger partial charge in [0.25, 0.3) is 0 Å². The van der Waals surface area contributed by atoms with Gasteiger partial charge in [0.2, 0.25) is 5.72 Å². The molecule has 32 heavy (non-hydrogen) atoms. The van der Waals surface area contributed by atoms with E-state index >= 15 is 0 Å². The summed E-state index contributed by atoms with van der Waals surface area (Å²) in [7, 11) is 3.38. The van der Waals surface area contributed by atoms with Crippen molar-refractivity contribution in [3.8, 4) is 11.5 Å². The number of nitrogens with zero attached hydrogens (tertiary/aromatic N) is 3. The first-order valence-electron chi connectivity index (χ1n) is 11.2. The Labute approximate surface area is 187 Å². The quantitative estimate of drug-likeness (QED) is 0.665. The summed E-state index contributed by atoms with van der Waals surface area (Å²) in [6.45, 7) is 3.80. The number of rotatable bonds is 5. The topological polar surface area (TPSA) is 62.3 Å². The molecule has 5 heterocycles. The number of oxime groups is 1. The summed E-state index contributed by atoms with van der Waals surface area (Å²) >= 11 is 0. The van der Waals surface area contributed by atoms with Gasteiger partial charge in [0.1, 0.15) is 11.5 Å². The second kappa shape index (κ2) is 7.45. The lowest BCUT2D eigenvalue weighted by Gasteiger charge is -2.53. The average Bonchev–Trinajstić information content (AvgIpc) is 3.45. The Kier molecular flexibility index (Phi) is 4.54. The highest BCUT2D eigenvalue weighted by molar-refractivity contribution is 6.02. The van der Waals surface area contributed by atoms with E-state index in [9.17, 15) is 0 Å². The zero-order valence-corrected chi connectivity index (χ0v) is 18.5. The lowest BCUT2D eigenvalue weighted by atomic mass is 9.79. The van der Waals surface area contributed by atoms with Crippen LogP contribution in [0.3, 0.4) is 0 Å². The lowest BCUT2D eigenvalue weighted by molar-refractivity contribution is -0.198. The van der Waals surface area contributed by atoms with Gasteiger partial charge >= 0.3 is 0 Å². The molecule has 7 heteroatoms. The first-order chi connectivity index (χ1) is 15.7. The highest BCUT2D eigenvalue weighted by atomic mass is 16.7. The third-order valence-electron chi connectivity index (χ3n) is 7.31. The van der Waals surface area contributed by atoms with Crippen molar-refractivity contribution in [3.05, 3.63) is 59.8 Å². The lowest BCUT2D eigenvalue weighted by Crippen LogP contribution is -2.66. The molecule has 1 atom stereocenters. The van der Waals surface area contributed by atoms with Gasteiger partial charge in [-0.1, -0.05) is 5.16 Å². The third kappa shape index (κ3) is 2.95. The first-order valence-corrected chi connectivity index (χ1v) is 11.2. The number of piperidine rings is 3. The average molecular weight is 433 g/mol. The summed E-state index contributed by atoms with van der Waals surface area (Å²) < 4.78 is 11.1. The fraction of sp³-hybridized carbons (Fsp3) is 0.400. The Hall–Kier alpha value is -3.19. The summed E-state index contributed by atoms with van der Waals surface area (Å²) in [6, 6.07) is 14.5. The van der Waals surface area contributed by atoms with E-state index in [1.165, 1.54) is 5.39 Å². The standard InChI is InChI=1S/C25H28N4O3/c1-30-21-5-3-19(23(14-21)31-2)15-29-24(18-4-6-22-17(13-18)7-10-26-22)27-32-25(29)16-28-11-8-20(25)9-12-28/h3-7,10,13-14,20,26H,8-9,11-12,15-16H2,1-2H3. The molecule has 3 saturated heterocycles. The number of nitrogens with one attached hydrogen (secondary N) is 1. The smallest absolute Gasteiger partial charge is 0.227 e. The van der Waals surface area contributed by atoms with Crippen molar-refractivity contribution in [2.45, 2.75) is 25.1 Å². The van der Waals surface area contributed by atoms with Gasteiger partial charge in [0.05, 0.1) is 27.3 Å². The maximum Gasteiger partial charge on any atom is 0.227 e. The van der Waals surface area contributed by atoms with Gasteiger partial charge in [-0.2, -0.15) is 0 Å². The second-order valence-electron chi connectivity index (χ2n) is 8.95. The number of hydrogen-bond donors (Lipinski definition) is 1. The van der Waals surface area contributed by atoms with Gasteiger partial charge in [-0.25, -0.2) is 0 Å². The number of methoxy groups -OCH3 is 2. The molecule has 7 nitrogen and oxygen atoms in total. The fourth-order valence-corrected chi connectivity index (χ4v) is 5.56. The van der Waals surface area contributed by atoms with Crippen LogP contribution in [0.4, 0.5) is 0 Å². The molecule has 1 aromatic heterocycles. The Morgan fingerprint density at radius 3 is 2.72 bits per heavy atom. The molecule has 1 spiro atoms. The Bertz CT molecular complexity index is 1180. The number of amidine groups is 1. The van der Waals surface area contributed by atoms with Gasteiger partial charge in [-0.15, -0.1) is 0 Å². The summed E-state index contributed by atoms with van der Waals surface area (Å²) in [6.07, 6.45) is 4.24.